The van der Waals surface area contributed by atoms with E-state index in [9.17, 15) is 9.59 Å². The smallest absolute Gasteiger partial charge is 0.335 e. The third-order valence-electron chi connectivity index (χ3n) is 2.54. The van der Waals surface area contributed by atoms with E-state index >= 15 is 0 Å². The van der Waals surface area contributed by atoms with Crippen molar-refractivity contribution in [2.24, 2.45) is 0 Å². The van der Waals surface area contributed by atoms with E-state index in [0.29, 0.717) is 11.0 Å². The Morgan fingerprint density at radius 3 is 2.72 bits per heavy atom. The van der Waals surface area contributed by atoms with Crippen molar-refractivity contribution in [1.29, 1.82) is 0 Å². The van der Waals surface area contributed by atoms with Crippen LogP contribution in [0.25, 0.3) is 11.0 Å². The molecule has 0 spiro atoms. The van der Waals surface area contributed by atoms with Crippen molar-refractivity contribution in [2.45, 2.75) is 6.54 Å². The molecule has 0 aliphatic rings. The van der Waals surface area contributed by atoms with E-state index in [1.54, 1.807) is 20.2 Å². The number of benzene rings is 1. The minimum Gasteiger partial charge on any atom is -0.478 e. The van der Waals surface area contributed by atoms with Gasteiger partial charge in [-0.1, -0.05) is 5.21 Å². The SMILES string of the molecule is CN(C)C(=O)Cn1nnc2cc(C(=O)O)ccc21. The predicted molar refractivity (Wildman–Crippen MR) is 63.2 cm³/mol. The predicted octanol–water partition coefficient (Wildman–Crippen LogP) is 0.218. The van der Waals surface area contributed by atoms with Crippen molar-refractivity contribution in [1.82, 2.24) is 19.9 Å². The highest BCUT2D eigenvalue weighted by atomic mass is 16.4. The molecule has 2 rings (SSSR count). The average molecular weight is 248 g/mol. The summed E-state index contributed by atoms with van der Waals surface area (Å²) in [6.45, 7) is 0.0793. The van der Waals surface area contributed by atoms with Gasteiger partial charge in [-0.25, -0.2) is 9.48 Å². The normalized spacial score (nSPS) is 10.6. The van der Waals surface area contributed by atoms with Gasteiger partial charge in [0.1, 0.15) is 12.1 Å². The Morgan fingerprint density at radius 2 is 2.11 bits per heavy atom. The van der Waals surface area contributed by atoms with Crippen LogP contribution in [-0.4, -0.2) is 51.0 Å². The molecule has 7 heteroatoms. The molecule has 7 nitrogen and oxygen atoms in total. The van der Waals surface area contributed by atoms with Gasteiger partial charge in [0.25, 0.3) is 0 Å². The Balaban J connectivity index is 2.37. The number of fused-ring (bicyclic) bond motifs is 1. The fourth-order valence-electron chi connectivity index (χ4n) is 1.49. The van der Waals surface area contributed by atoms with Crippen molar-refractivity contribution in [3.05, 3.63) is 23.8 Å². The van der Waals surface area contributed by atoms with Crippen LogP contribution in [-0.2, 0) is 11.3 Å². The van der Waals surface area contributed by atoms with Crippen molar-refractivity contribution in [3.8, 4) is 0 Å². The first kappa shape index (κ1) is 12.0. The molecule has 0 radical (unpaired) electrons. The molecule has 1 heterocycles. The molecule has 1 aromatic carbocycles. The van der Waals surface area contributed by atoms with Crippen LogP contribution in [0, 0.1) is 0 Å². The number of carboxylic acid groups (broad SMARTS) is 1. The molecular formula is C11H12N4O3. The van der Waals surface area contributed by atoms with Crippen molar-refractivity contribution in [2.75, 3.05) is 14.1 Å². The lowest BCUT2D eigenvalue weighted by molar-refractivity contribution is -0.129. The Morgan fingerprint density at radius 1 is 1.39 bits per heavy atom. The van der Waals surface area contributed by atoms with Crippen LogP contribution in [0.4, 0.5) is 0 Å². The van der Waals surface area contributed by atoms with Crippen molar-refractivity contribution in [3.63, 3.8) is 0 Å². The second kappa shape index (κ2) is 4.44. The van der Waals surface area contributed by atoms with Gasteiger partial charge >= 0.3 is 5.97 Å². The molecule has 0 saturated carbocycles. The minimum absolute atomic E-state index is 0.0793. The number of nitrogens with zero attached hydrogens (tertiary/aromatic N) is 4. The van der Waals surface area contributed by atoms with Crippen LogP contribution in [0.5, 0.6) is 0 Å². The number of carbonyl (C=O) groups excluding carboxylic acids is 1. The number of rotatable bonds is 3. The second-order valence-corrected chi connectivity index (χ2v) is 4.04. The highest BCUT2D eigenvalue weighted by Crippen LogP contribution is 2.13. The quantitative estimate of drug-likeness (QED) is 0.839. The average Bonchev–Trinajstić information content (AvgIpc) is 2.71. The first-order valence-corrected chi connectivity index (χ1v) is 5.25. The summed E-state index contributed by atoms with van der Waals surface area (Å²) < 4.78 is 1.45. The maximum atomic E-state index is 11.6. The monoisotopic (exact) mass is 248 g/mol. The fraction of sp³-hybridized carbons (Fsp3) is 0.273. The van der Waals surface area contributed by atoms with E-state index in [4.69, 9.17) is 5.11 Å². The number of hydrogen-bond acceptors (Lipinski definition) is 4. The Kier molecular flexibility index (Phi) is 2.97. The summed E-state index contributed by atoms with van der Waals surface area (Å²) >= 11 is 0. The highest BCUT2D eigenvalue weighted by Gasteiger charge is 2.12. The van der Waals surface area contributed by atoms with E-state index in [2.05, 4.69) is 10.3 Å². The maximum absolute atomic E-state index is 11.6. The molecule has 0 atom stereocenters. The van der Waals surface area contributed by atoms with Crippen LogP contribution < -0.4 is 0 Å². The number of amides is 1. The molecule has 18 heavy (non-hydrogen) atoms. The molecule has 94 valence electrons. The lowest BCUT2D eigenvalue weighted by Crippen LogP contribution is -2.26. The van der Waals surface area contributed by atoms with Gasteiger partial charge < -0.3 is 10.0 Å². The van der Waals surface area contributed by atoms with Gasteiger partial charge in [0.15, 0.2) is 0 Å². The largest absolute Gasteiger partial charge is 0.478 e. The molecule has 1 aromatic heterocycles. The molecule has 0 aliphatic heterocycles. The molecule has 1 amide bonds. The molecule has 0 unspecified atom stereocenters. The topological polar surface area (TPSA) is 88.3 Å². The van der Waals surface area contributed by atoms with Crippen LogP contribution in [0.2, 0.25) is 0 Å². The third-order valence-corrected chi connectivity index (χ3v) is 2.54. The van der Waals surface area contributed by atoms with Gasteiger partial charge in [0.05, 0.1) is 11.1 Å². The third kappa shape index (κ3) is 2.15. The summed E-state index contributed by atoms with van der Waals surface area (Å²) in [7, 11) is 3.31. The van der Waals surface area contributed by atoms with Crippen LogP contribution in [0.15, 0.2) is 18.2 Å². The van der Waals surface area contributed by atoms with Gasteiger partial charge in [0.2, 0.25) is 5.91 Å². The van der Waals surface area contributed by atoms with Crippen LogP contribution >= 0.6 is 0 Å². The lowest BCUT2D eigenvalue weighted by atomic mass is 10.2. The van der Waals surface area contributed by atoms with Crippen molar-refractivity contribution >= 4 is 22.9 Å². The number of likely N-dealkylation sites (N-methyl/N-ethyl adjacent to an activating group) is 1. The summed E-state index contributed by atoms with van der Waals surface area (Å²) in [6.07, 6.45) is 0. The maximum Gasteiger partial charge on any atom is 0.335 e. The van der Waals surface area contributed by atoms with Gasteiger partial charge in [-0.2, -0.15) is 0 Å². The van der Waals surface area contributed by atoms with E-state index in [-0.39, 0.29) is 18.0 Å². The Bertz CT molecular complexity index is 618. The Labute approximate surface area is 103 Å². The second-order valence-electron chi connectivity index (χ2n) is 4.04. The zero-order valence-electron chi connectivity index (χ0n) is 9.99. The first-order valence-electron chi connectivity index (χ1n) is 5.25. The standard InChI is InChI=1S/C11H12N4O3/c1-14(2)10(16)6-15-9-4-3-7(11(17)18)5-8(9)12-13-15/h3-5H,6H2,1-2H3,(H,17,18). The van der Waals surface area contributed by atoms with Gasteiger partial charge in [-0.05, 0) is 18.2 Å². The molecule has 0 fully saturated rings. The summed E-state index contributed by atoms with van der Waals surface area (Å²) in [5, 5.41) is 16.6. The van der Waals surface area contributed by atoms with Crippen LogP contribution in [0.3, 0.4) is 0 Å². The molecule has 1 N–H and O–H groups in total. The molecule has 2 aromatic rings. The summed E-state index contributed by atoms with van der Waals surface area (Å²) in [5.74, 6) is -1.13. The first-order chi connectivity index (χ1) is 8.49. The molecular weight excluding hydrogens is 236 g/mol. The number of hydrogen-bond donors (Lipinski definition) is 1. The zero-order valence-corrected chi connectivity index (χ0v) is 9.99. The number of aromatic nitrogens is 3. The van der Waals surface area contributed by atoms with E-state index in [1.165, 1.54) is 21.7 Å². The van der Waals surface area contributed by atoms with Gasteiger partial charge in [-0.15, -0.1) is 5.10 Å². The lowest BCUT2D eigenvalue weighted by Gasteiger charge is -2.09. The summed E-state index contributed by atoms with van der Waals surface area (Å²) in [4.78, 5) is 23.8. The van der Waals surface area contributed by atoms with Gasteiger partial charge in [0, 0.05) is 14.1 Å². The summed E-state index contributed by atoms with van der Waals surface area (Å²) in [5.41, 5.74) is 1.24. The minimum atomic E-state index is -1.02. The number of carboxylic acids is 1. The van der Waals surface area contributed by atoms with E-state index in [1.807, 2.05) is 0 Å². The molecule has 0 aliphatic carbocycles. The van der Waals surface area contributed by atoms with Gasteiger partial charge in [-0.3, -0.25) is 4.79 Å². The zero-order chi connectivity index (χ0) is 13.3. The van der Waals surface area contributed by atoms with E-state index < -0.39 is 5.97 Å². The molecule has 0 bridgehead atoms. The Hall–Kier alpha value is -2.44. The summed E-state index contributed by atoms with van der Waals surface area (Å²) in [6, 6.07) is 4.49. The highest BCUT2D eigenvalue weighted by molar-refractivity contribution is 5.92. The molecule has 0 saturated heterocycles. The number of carbonyl (C=O) groups is 2. The fourth-order valence-corrected chi connectivity index (χ4v) is 1.49. The van der Waals surface area contributed by atoms with Crippen molar-refractivity contribution < 1.29 is 14.7 Å². The number of aromatic carboxylic acids is 1. The van der Waals surface area contributed by atoms with Crippen LogP contribution in [0.1, 0.15) is 10.4 Å². The van der Waals surface area contributed by atoms with E-state index in [0.717, 1.165) is 0 Å².